The SMILES string of the molecule is OCc1c(Cl)ncc(C(F)(F)F)c1Cl. The van der Waals surface area contributed by atoms with Gasteiger partial charge < -0.3 is 5.11 Å². The van der Waals surface area contributed by atoms with E-state index in [2.05, 4.69) is 4.98 Å². The van der Waals surface area contributed by atoms with Crippen LogP contribution in [0.15, 0.2) is 6.20 Å². The fourth-order valence-electron chi connectivity index (χ4n) is 0.841. The van der Waals surface area contributed by atoms with E-state index in [1.54, 1.807) is 0 Å². The van der Waals surface area contributed by atoms with Crippen molar-refractivity contribution in [3.05, 3.63) is 27.5 Å². The molecule has 0 saturated heterocycles. The van der Waals surface area contributed by atoms with Crippen LogP contribution >= 0.6 is 23.2 Å². The van der Waals surface area contributed by atoms with Crippen LogP contribution in [0, 0.1) is 0 Å². The number of aliphatic hydroxyl groups is 1. The van der Waals surface area contributed by atoms with Crippen molar-refractivity contribution in [3.8, 4) is 0 Å². The van der Waals surface area contributed by atoms with E-state index in [0.29, 0.717) is 6.20 Å². The van der Waals surface area contributed by atoms with Gasteiger partial charge >= 0.3 is 6.18 Å². The minimum atomic E-state index is -4.60. The first kappa shape index (κ1) is 11.6. The van der Waals surface area contributed by atoms with Crippen LogP contribution in [-0.2, 0) is 12.8 Å². The predicted octanol–water partition coefficient (Wildman–Crippen LogP) is 2.90. The summed E-state index contributed by atoms with van der Waals surface area (Å²) >= 11 is 10.8. The third kappa shape index (κ3) is 2.10. The van der Waals surface area contributed by atoms with Gasteiger partial charge in [-0.25, -0.2) is 4.98 Å². The monoisotopic (exact) mass is 245 g/mol. The molecule has 0 aromatic carbocycles. The largest absolute Gasteiger partial charge is 0.419 e. The predicted molar refractivity (Wildman–Crippen MR) is 45.2 cm³/mol. The van der Waals surface area contributed by atoms with Crippen LogP contribution in [0.25, 0.3) is 0 Å². The summed E-state index contributed by atoms with van der Waals surface area (Å²) in [7, 11) is 0. The molecule has 78 valence electrons. The molecule has 0 atom stereocenters. The summed E-state index contributed by atoms with van der Waals surface area (Å²) in [6, 6.07) is 0. The Labute approximate surface area is 87.3 Å². The zero-order chi connectivity index (χ0) is 10.9. The Morgan fingerprint density at radius 3 is 2.36 bits per heavy atom. The molecule has 0 fully saturated rings. The van der Waals surface area contributed by atoms with Gasteiger partial charge in [-0.2, -0.15) is 13.2 Å². The molecule has 2 nitrogen and oxygen atoms in total. The van der Waals surface area contributed by atoms with Crippen molar-refractivity contribution in [1.29, 1.82) is 0 Å². The molecule has 0 spiro atoms. The number of rotatable bonds is 1. The van der Waals surface area contributed by atoms with Gasteiger partial charge in [0.05, 0.1) is 17.2 Å². The fraction of sp³-hybridized carbons (Fsp3) is 0.286. The molecule has 1 rings (SSSR count). The second-order valence-electron chi connectivity index (χ2n) is 2.41. The number of alkyl halides is 3. The number of aliphatic hydroxyl groups excluding tert-OH is 1. The molecule has 14 heavy (non-hydrogen) atoms. The van der Waals surface area contributed by atoms with Crippen molar-refractivity contribution >= 4 is 23.2 Å². The molecule has 0 aliphatic heterocycles. The molecule has 0 unspecified atom stereocenters. The van der Waals surface area contributed by atoms with Crippen LogP contribution in [0.3, 0.4) is 0 Å². The van der Waals surface area contributed by atoms with E-state index in [1.807, 2.05) is 0 Å². The molecule has 0 amide bonds. The number of nitrogens with zero attached hydrogens (tertiary/aromatic N) is 1. The Morgan fingerprint density at radius 1 is 1.36 bits per heavy atom. The molecule has 7 heteroatoms. The highest BCUT2D eigenvalue weighted by atomic mass is 35.5. The Hall–Kier alpha value is -0.520. The highest BCUT2D eigenvalue weighted by Crippen LogP contribution is 2.37. The van der Waals surface area contributed by atoms with Crippen molar-refractivity contribution in [2.24, 2.45) is 0 Å². The number of aromatic nitrogens is 1. The fourth-order valence-corrected chi connectivity index (χ4v) is 1.40. The van der Waals surface area contributed by atoms with Gasteiger partial charge in [0, 0.05) is 11.8 Å². The van der Waals surface area contributed by atoms with Crippen LogP contribution in [0.1, 0.15) is 11.1 Å². The van der Waals surface area contributed by atoms with Gasteiger partial charge in [-0.15, -0.1) is 0 Å². The van der Waals surface area contributed by atoms with E-state index in [4.69, 9.17) is 28.3 Å². The van der Waals surface area contributed by atoms with Gasteiger partial charge in [0.1, 0.15) is 5.15 Å². The summed E-state index contributed by atoms with van der Waals surface area (Å²) in [5.41, 5.74) is -1.32. The van der Waals surface area contributed by atoms with Crippen LogP contribution in [0.2, 0.25) is 10.2 Å². The first-order chi connectivity index (χ1) is 6.38. The molecule has 0 saturated carbocycles. The van der Waals surface area contributed by atoms with Crippen LogP contribution in [-0.4, -0.2) is 10.1 Å². The van der Waals surface area contributed by atoms with Gasteiger partial charge in [-0.05, 0) is 0 Å². The molecular formula is C7H4Cl2F3NO. The highest BCUT2D eigenvalue weighted by molar-refractivity contribution is 6.35. The third-order valence-corrected chi connectivity index (χ3v) is 2.28. The topological polar surface area (TPSA) is 33.1 Å². The van der Waals surface area contributed by atoms with Gasteiger partial charge in [-0.3, -0.25) is 0 Å². The summed E-state index contributed by atoms with van der Waals surface area (Å²) < 4.78 is 36.7. The number of pyridine rings is 1. The molecular weight excluding hydrogens is 242 g/mol. The minimum Gasteiger partial charge on any atom is -0.392 e. The lowest BCUT2D eigenvalue weighted by molar-refractivity contribution is -0.137. The normalized spacial score (nSPS) is 11.9. The van der Waals surface area contributed by atoms with Crippen LogP contribution < -0.4 is 0 Å². The third-order valence-electron chi connectivity index (χ3n) is 1.52. The quantitative estimate of drug-likeness (QED) is 0.772. The van der Waals surface area contributed by atoms with Crippen molar-refractivity contribution in [1.82, 2.24) is 4.98 Å². The zero-order valence-corrected chi connectivity index (χ0v) is 8.08. The maximum Gasteiger partial charge on any atom is 0.419 e. The zero-order valence-electron chi connectivity index (χ0n) is 6.57. The lowest BCUT2D eigenvalue weighted by atomic mass is 10.2. The minimum absolute atomic E-state index is 0.219. The molecule has 0 aliphatic rings. The van der Waals surface area contributed by atoms with Crippen LogP contribution in [0.4, 0.5) is 13.2 Å². The molecule has 0 radical (unpaired) electrons. The Balaban J connectivity index is 3.36. The molecule has 1 aromatic heterocycles. The first-order valence-electron chi connectivity index (χ1n) is 3.39. The van der Waals surface area contributed by atoms with Crippen molar-refractivity contribution in [2.75, 3.05) is 0 Å². The average Bonchev–Trinajstić information content (AvgIpc) is 2.02. The standard InChI is InChI=1S/C7H4Cl2F3NO/c8-5-3(2-14)6(9)13-1-4(5)7(10,11)12/h1,14H,2H2. The van der Waals surface area contributed by atoms with Crippen molar-refractivity contribution < 1.29 is 18.3 Å². The smallest absolute Gasteiger partial charge is 0.392 e. The van der Waals surface area contributed by atoms with Gasteiger partial charge in [0.15, 0.2) is 0 Å². The van der Waals surface area contributed by atoms with Gasteiger partial charge in [0.2, 0.25) is 0 Å². The summed E-state index contributed by atoms with van der Waals surface area (Å²) in [5.74, 6) is 0. The molecule has 0 aliphatic carbocycles. The summed E-state index contributed by atoms with van der Waals surface area (Å²) in [6.07, 6.45) is -4.07. The number of hydrogen-bond acceptors (Lipinski definition) is 2. The number of hydrogen-bond donors (Lipinski definition) is 1. The van der Waals surface area contributed by atoms with E-state index >= 15 is 0 Å². The Kier molecular flexibility index (Phi) is 3.24. The molecule has 1 heterocycles. The number of halogens is 5. The highest BCUT2D eigenvalue weighted by Gasteiger charge is 2.35. The Bertz CT molecular complexity index is 354. The van der Waals surface area contributed by atoms with Crippen molar-refractivity contribution in [3.63, 3.8) is 0 Å². The summed E-state index contributed by atoms with van der Waals surface area (Å²) in [6.45, 7) is -0.686. The average molecular weight is 246 g/mol. The summed E-state index contributed by atoms with van der Waals surface area (Å²) in [4.78, 5) is 3.28. The maximum atomic E-state index is 12.2. The Morgan fingerprint density at radius 2 is 1.93 bits per heavy atom. The van der Waals surface area contributed by atoms with E-state index in [9.17, 15) is 13.2 Å². The lowest BCUT2D eigenvalue weighted by Gasteiger charge is -2.11. The van der Waals surface area contributed by atoms with Gasteiger partial charge in [0.25, 0.3) is 0 Å². The van der Waals surface area contributed by atoms with E-state index in [1.165, 1.54) is 0 Å². The lowest BCUT2D eigenvalue weighted by Crippen LogP contribution is -2.08. The van der Waals surface area contributed by atoms with Crippen molar-refractivity contribution in [2.45, 2.75) is 12.8 Å². The summed E-state index contributed by atoms with van der Waals surface area (Å²) in [5, 5.41) is 7.87. The van der Waals surface area contributed by atoms with Gasteiger partial charge in [-0.1, -0.05) is 23.2 Å². The van der Waals surface area contributed by atoms with E-state index in [0.717, 1.165) is 0 Å². The van der Waals surface area contributed by atoms with Crippen LogP contribution in [0.5, 0.6) is 0 Å². The molecule has 1 aromatic rings. The van der Waals surface area contributed by atoms with E-state index < -0.39 is 23.4 Å². The second-order valence-corrected chi connectivity index (χ2v) is 3.15. The molecule has 0 bridgehead atoms. The second kappa shape index (κ2) is 3.92. The maximum absolute atomic E-state index is 12.2. The van der Waals surface area contributed by atoms with E-state index in [-0.39, 0.29) is 10.7 Å². The first-order valence-corrected chi connectivity index (χ1v) is 4.14. The molecule has 1 N–H and O–H groups in total.